The van der Waals surface area contributed by atoms with E-state index in [1.807, 2.05) is 33.0 Å². The molecule has 25 heavy (non-hydrogen) atoms. The lowest BCUT2D eigenvalue weighted by Gasteiger charge is -2.11. The van der Waals surface area contributed by atoms with Crippen molar-refractivity contribution in [2.75, 3.05) is 0 Å². The Morgan fingerprint density at radius 3 is 2.36 bits per heavy atom. The van der Waals surface area contributed by atoms with Gasteiger partial charge in [0, 0.05) is 29.2 Å². The van der Waals surface area contributed by atoms with E-state index in [1.165, 1.54) is 0 Å². The molecule has 0 aliphatic carbocycles. The molecule has 0 unspecified atom stereocenters. The number of ether oxygens (including phenoxy) is 1. The maximum atomic E-state index is 12.5. The smallest absolute Gasteiger partial charge is 0.347 e. The van der Waals surface area contributed by atoms with Crippen molar-refractivity contribution in [3.05, 3.63) is 52.2 Å². The summed E-state index contributed by atoms with van der Waals surface area (Å²) in [5.41, 5.74) is 5.80. The maximum Gasteiger partial charge on any atom is 0.347 e. The number of hydrogen-bond acceptors (Lipinski definition) is 3. The van der Waals surface area contributed by atoms with Gasteiger partial charge in [-0.2, -0.15) is 0 Å². The van der Waals surface area contributed by atoms with Crippen molar-refractivity contribution in [1.82, 2.24) is 4.57 Å². The molecule has 4 heteroatoms. The topological polar surface area (TPSA) is 48.3 Å². The van der Waals surface area contributed by atoms with Crippen LogP contribution in [0.15, 0.2) is 41.0 Å². The maximum absolute atomic E-state index is 12.5. The van der Waals surface area contributed by atoms with Crippen molar-refractivity contribution in [3.8, 4) is 0 Å². The van der Waals surface area contributed by atoms with Crippen molar-refractivity contribution in [2.45, 2.75) is 40.5 Å². The Morgan fingerprint density at radius 2 is 1.72 bits per heavy atom. The first-order valence-electron chi connectivity index (χ1n) is 8.60. The van der Waals surface area contributed by atoms with Crippen LogP contribution in [-0.2, 0) is 21.4 Å². The molecular weight excluding hydrogens is 314 g/mol. The summed E-state index contributed by atoms with van der Waals surface area (Å²) in [4.78, 5) is 24.7. The summed E-state index contributed by atoms with van der Waals surface area (Å²) < 4.78 is 7.09. The Hall–Kier alpha value is -2.62. The fourth-order valence-electron chi connectivity index (χ4n) is 3.65. The van der Waals surface area contributed by atoms with Crippen LogP contribution in [-0.4, -0.2) is 16.5 Å². The van der Waals surface area contributed by atoms with E-state index < -0.39 is 11.9 Å². The van der Waals surface area contributed by atoms with Gasteiger partial charge in [-0.1, -0.05) is 37.1 Å². The molecule has 0 bridgehead atoms. The average molecular weight is 337 g/mol. The Bertz CT molecular complexity index is 953. The number of fused-ring (bicyclic) bond motifs is 1. The van der Waals surface area contributed by atoms with Gasteiger partial charge in [-0.25, -0.2) is 9.59 Å². The van der Waals surface area contributed by atoms with E-state index in [1.54, 1.807) is 0 Å². The number of rotatable bonds is 3. The van der Waals surface area contributed by atoms with Gasteiger partial charge in [0.05, 0.1) is 11.1 Å². The van der Waals surface area contributed by atoms with Crippen molar-refractivity contribution < 1.29 is 14.3 Å². The number of esters is 2. The van der Waals surface area contributed by atoms with Gasteiger partial charge in [0.25, 0.3) is 0 Å². The summed E-state index contributed by atoms with van der Waals surface area (Å²) >= 11 is 0. The lowest BCUT2D eigenvalue weighted by atomic mass is 9.89. The molecule has 1 aliphatic rings. The molecule has 1 aromatic carbocycles. The lowest BCUT2D eigenvalue weighted by Crippen LogP contribution is -2.03. The van der Waals surface area contributed by atoms with Gasteiger partial charge in [0.15, 0.2) is 0 Å². The molecule has 1 aliphatic heterocycles. The number of para-hydroxylation sites is 1. The minimum atomic E-state index is -0.536. The van der Waals surface area contributed by atoms with Gasteiger partial charge < -0.3 is 9.30 Å². The first kappa shape index (κ1) is 17.2. The highest BCUT2D eigenvalue weighted by molar-refractivity contribution is 6.23. The number of nitrogens with zero attached hydrogens (tertiary/aromatic N) is 1. The number of aryl methyl sites for hydroxylation is 1. The van der Waals surface area contributed by atoms with Crippen LogP contribution in [0.3, 0.4) is 0 Å². The van der Waals surface area contributed by atoms with Gasteiger partial charge in [0.2, 0.25) is 0 Å². The van der Waals surface area contributed by atoms with Crippen molar-refractivity contribution >= 4 is 28.4 Å². The van der Waals surface area contributed by atoms with E-state index in [0.29, 0.717) is 17.6 Å². The molecule has 130 valence electrons. The quantitative estimate of drug-likeness (QED) is 0.472. The van der Waals surface area contributed by atoms with E-state index in [0.717, 1.165) is 39.7 Å². The SMILES string of the molecule is CCC/C(=C1\C(=O)OC(=O)C1=C(C)C)c1c(C)n(C)c2ccccc12. The third-order valence-corrected chi connectivity index (χ3v) is 4.85. The zero-order valence-corrected chi connectivity index (χ0v) is 15.4. The Balaban J connectivity index is 2.43. The van der Waals surface area contributed by atoms with Gasteiger partial charge in [-0.3, -0.25) is 0 Å². The molecule has 0 saturated carbocycles. The zero-order chi connectivity index (χ0) is 18.3. The monoisotopic (exact) mass is 337 g/mol. The van der Waals surface area contributed by atoms with E-state index in [9.17, 15) is 9.59 Å². The number of benzene rings is 1. The molecule has 1 aromatic heterocycles. The van der Waals surface area contributed by atoms with Crippen molar-refractivity contribution in [2.24, 2.45) is 7.05 Å². The molecule has 1 saturated heterocycles. The molecular formula is C21H23NO3. The number of carbonyl (C=O) groups is 2. The van der Waals surface area contributed by atoms with E-state index >= 15 is 0 Å². The zero-order valence-electron chi connectivity index (χ0n) is 15.4. The van der Waals surface area contributed by atoms with Crippen LogP contribution in [0.4, 0.5) is 0 Å². The predicted molar refractivity (Wildman–Crippen MR) is 99.0 cm³/mol. The Kier molecular flexibility index (Phi) is 4.38. The minimum Gasteiger partial charge on any atom is -0.386 e. The fraction of sp³-hybridized carbons (Fsp3) is 0.333. The highest BCUT2D eigenvalue weighted by atomic mass is 16.6. The molecule has 0 atom stereocenters. The summed E-state index contributed by atoms with van der Waals surface area (Å²) in [5.74, 6) is -1.07. The molecule has 3 rings (SSSR count). The van der Waals surface area contributed by atoms with Gasteiger partial charge in [0.1, 0.15) is 0 Å². The third kappa shape index (κ3) is 2.62. The molecule has 0 radical (unpaired) electrons. The van der Waals surface area contributed by atoms with Gasteiger partial charge in [-0.05, 0) is 38.8 Å². The number of carbonyl (C=O) groups excluding carboxylic acids is 2. The van der Waals surface area contributed by atoms with Crippen LogP contribution in [0.25, 0.3) is 16.5 Å². The molecule has 2 aromatic rings. The van der Waals surface area contributed by atoms with Crippen LogP contribution in [0.2, 0.25) is 0 Å². The Morgan fingerprint density at radius 1 is 1.08 bits per heavy atom. The highest BCUT2D eigenvalue weighted by Crippen LogP contribution is 2.39. The summed E-state index contributed by atoms with van der Waals surface area (Å²) in [5, 5.41) is 1.10. The first-order valence-corrected chi connectivity index (χ1v) is 8.60. The lowest BCUT2D eigenvalue weighted by molar-refractivity contribution is -0.149. The van der Waals surface area contributed by atoms with Gasteiger partial charge in [-0.15, -0.1) is 0 Å². The van der Waals surface area contributed by atoms with Crippen molar-refractivity contribution in [3.63, 3.8) is 0 Å². The molecule has 2 heterocycles. The highest BCUT2D eigenvalue weighted by Gasteiger charge is 2.37. The second-order valence-corrected chi connectivity index (χ2v) is 6.69. The second-order valence-electron chi connectivity index (χ2n) is 6.69. The Labute approximate surface area is 147 Å². The van der Waals surface area contributed by atoms with Crippen LogP contribution in [0.5, 0.6) is 0 Å². The van der Waals surface area contributed by atoms with Crippen LogP contribution < -0.4 is 0 Å². The summed E-state index contributed by atoms with van der Waals surface area (Å²) in [6.45, 7) is 7.81. The second kappa shape index (κ2) is 6.36. The standard InChI is InChI=1S/C21H23NO3/c1-6-9-15(19-17(12(2)3)20(23)25-21(19)24)18-13(4)22(5)16-11-8-7-10-14(16)18/h7-8,10-11H,6,9H2,1-5H3/b19-15+. The summed E-state index contributed by atoms with van der Waals surface area (Å²) in [7, 11) is 2.02. The molecule has 0 amide bonds. The van der Waals surface area contributed by atoms with Crippen LogP contribution >= 0.6 is 0 Å². The molecule has 1 fully saturated rings. The van der Waals surface area contributed by atoms with Crippen molar-refractivity contribution in [1.29, 1.82) is 0 Å². The fourth-order valence-corrected chi connectivity index (χ4v) is 3.65. The number of hydrogen-bond donors (Lipinski definition) is 0. The normalized spacial score (nSPS) is 16.6. The average Bonchev–Trinajstić information content (AvgIpc) is 3.00. The number of aromatic nitrogens is 1. The van der Waals surface area contributed by atoms with Crippen LogP contribution in [0.1, 0.15) is 44.9 Å². The summed E-state index contributed by atoms with van der Waals surface area (Å²) in [6, 6.07) is 8.14. The van der Waals surface area contributed by atoms with Crippen LogP contribution in [0, 0.1) is 6.92 Å². The third-order valence-electron chi connectivity index (χ3n) is 4.85. The summed E-state index contributed by atoms with van der Waals surface area (Å²) in [6.07, 6.45) is 1.59. The van der Waals surface area contributed by atoms with Gasteiger partial charge >= 0.3 is 11.9 Å². The minimum absolute atomic E-state index is 0.417. The number of cyclic esters (lactones) is 2. The molecule has 0 spiro atoms. The predicted octanol–water partition coefficient (Wildman–Crippen LogP) is 4.46. The van der Waals surface area contributed by atoms with E-state index in [-0.39, 0.29) is 0 Å². The largest absolute Gasteiger partial charge is 0.386 e. The van der Waals surface area contributed by atoms with E-state index in [4.69, 9.17) is 4.74 Å². The molecule has 4 nitrogen and oxygen atoms in total. The van der Waals surface area contributed by atoms with E-state index in [2.05, 4.69) is 30.5 Å². The first-order chi connectivity index (χ1) is 11.9. The number of allylic oxidation sites excluding steroid dienone is 2. The molecule has 0 N–H and O–H groups in total.